The van der Waals surface area contributed by atoms with Gasteiger partial charge in [0.2, 0.25) is 0 Å². The summed E-state index contributed by atoms with van der Waals surface area (Å²) in [5, 5.41) is 10.1. The zero-order valence-corrected chi connectivity index (χ0v) is 11.2. The molecule has 2 rings (SSSR count). The molecular formula is C14H18N4O. The Morgan fingerprint density at radius 3 is 2.63 bits per heavy atom. The summed E-state index contributed by atoms with van der Waals surface area (Å²) in [6.45, 7) is 3.90. The molecule has 2 aromatic rings. The highest BCUT2D eigenvalue weighted by molar-refractivity contribution is 5.91. The smallest absolute Gasteiger partial charge is 0.271 e. The lowest BCUT2D eigenvalue weighted by Crippen LogP contribution is -2.18. The normalized spacial score (nSPS) is 10.4. The zero-order chi connectivity index (χ0) is 13.7. The van der Waals surface area contributed by atoms with Gasteiger partial charge in [-0.2, -0.15) is 5.10 Å². The monoisotopic (exact) mass is 258 g/mol. The molecular weight excluding hydrogens is 240 g/mol. The van der Waals surface area contributed by atoms with E-state index in [2.05, 4.69) is 34.8 Å². The third-order valence-corrected chi connectivity index (χ3v) is 2.83. The minimum absolute atomic E-state index is 0.178. The van der Waals surface area contributed by atoms with Crippen LogP contribution in [0.5, 0.6) is 0 Å². The van der Waals surface area contributed by atoms with E-state index in [4.69, 9.17) is 0 Å². The Morgan fingerprint density at radius 2 is 2.00 bits per heavy atom. The first-order chi connectivity index (χ1) is 9.24. The molecule has 0 saturated carbocycles. The number of hydrogen-bond acceptors (Lipinski definition) is 3. The molecule has 1 aromatic carbocycles. The zero-order valence-electron chi connectivity index (χ0n) is 11.2. The summed E-state index contributed by atoms with van der Waals surface area (Å²) in [7, 11) is 1.59. The lowest BCUT2D eigenvalue weighted by molar-refractivity contribution is 0.0957. The molecule has 0 bridgehead atoms. The molecule has 1 heterocycles. The molecule has 0 radical (unpaired) electrons. The van der Waals surface area contributed by atoms with Gasteiger partial charge in [0.05, 0.1) is 5.69 Å². The molecule has 0 saturated heterocycles. The number of nitrogens with one attached hydrogen (secondary N) is 2. The van der Waals surface area contributed by atoms with Gasteiger partial charge in [-0.25, -0.2) is 4.68 Å². The van der Waals surface area contributed by atoms with Gasteiger partial charge in [0.1, 0.15) is 0 Å². The average Bonchev–Trinajstić information content (AvgIpc) is 2.94. The predicted molar refractivity (Wildman–Crippen MR) is 74.3 cm³/mol. The second kappa shape index (κ2) is 6.15. The molecule has 0 spiro atoms. The van der Waals surface area contributed by atoms with E-state index >= 15 is 0 Å². The van der Waals surface area contributed by atoms with Crippen LogP contribution in [0.2, 0.25) is 0 Å². The molecule has 5 heteroatoms. The van der Waals surface area contributed by atoms with Crippen LogP contribution in [0.3, 0.4) is 0 Å². The lowest BCUT2D eigenvalue weighted by atomic mass is 10.2. The Balaban J connectivity index is 2.13. The van der Waals surface area contributed by atoms with Crippen LogP contribution in [0.1, 0.15) is 23.0 Å². The van der Waals surface area contributed by atoms with Crippen LogP contribution >= 0.6 is 0 Å². The van der Waals surface area contributed by atoms with Gasteiger partial charge < -0.3 is 10.6 Å². The molecule has 0 atom stereocenters. The Hall–Kier alpha value is -2.14. The standard InChI is InChI=1S/C14H18N4O/c1-3-16-10-11-4-6-12(7-5-11)18-9-8-13(17-18)14(19)15-2/h4-9,16H,3,10H2,1-2H3,(H,15,19). The van der Waals surface area contributed by atoms with Crippen molar-refractivity contribution in [2.75, 3.05) is 13.6 Å². The summed E-state index contributed by atoms with van der Waals surface area (Å²) in [4.78, 5) is 11.4. The van der Waals surface area contributed by atoms with E-state index in [0.717, 1.165) is 18.8 Å². The maximum Gasteiger partial charge on any atom is 0.271 e. The summed E-state index contributed by atoms with van der Waals surface area (Å²) in [6.07, 6.45) is 1.78. The summed E-state index contributed by atoms with van der Waals surface area (Å²) in [5.74, 6) is -0.178. The van der Waals surface area contributed by atoms with Gasteiger partial charge in [-0.15, -0.1) is 0 Å². The van der Waals surface area contributed by atoms with Crippen LogP contribution in [0, 0.1) is 0 Å². The number of carbonyl (C=O) groups is 1. The van der Waals surface area contributed by atoms with Crippen LogP contribution in [0.25, 0.3) is 5.69 Å². The summed E-state index contributed by atoms with van der Waals surface area (Å²) < 4.78 is 1.70. The first-order valence-electron chi connectivity index (χ1n) is 6.32. The molecule has 0 aliphatic heterocycles. The van der Waals surface area contributed by atoms with E-state index in [9.17, 15) is 4.79 Å². The number of rotatable bonds is 5. The highest BCUT2D eigenvalue weighted by atomic mass is 16.1. The number of hydrogen-bond donors (Lipinski definition) is 2. The van der Waals surface area contributed by atoms with Crippen LogP contribution in [0.15, 0.2) is 36.5 Å². The fraction of sp³-hybridized carbons (Fsp3) is 0.286. The maximum absolute atomic E-state index is 11.4. The first kappa shape index (κ1) is 13.3. The van der Waals surface area contributed by atoms with E-state index in [1.54, 1.807) is 24.0 Å². The van der Waals surface area contributed by atoms with Crippen LogP contribution in [-0.4, -0.2) is 29.3 Å². The van der Waals surface area contributed by atoms with Crippen molar-refractivity contribution in [1.29, 1.82) is 0 Å². The average molecular weight is 258 g/mol. The Morgan fingerprint density at radius 1 is 1.26 bits per heavy atom. The molecule has 100 valence electrons. The minimum Gasteiger partial charge on any atom is -0.354 e. The Kier molecular flexibility index (Phi) is 4.30. The molecule has 0 aliphatic rings. The molecule has 19 heavy (non-hydrogen) atoms. The van der Waals surface area contributed by atoms with E-state index in [1.165, 1.54) is 5.56 Å². The largest absolute Gasteiger partial charge is 0.354 e. The fourth-order valence-corrected chi connectivity index (χ4v) is 1.75. The quantitative estimate of drug-likeness (QED) is 0.851. The number of aromatic nitrogens is 2. The van der Waals surface area contributed by atoms with Crippen LogP contribution in [0.4, 0.5) is 0 Å². The number of nitrogens with zero attached hydrogens (tertiary/aromatic N) is 2. The summed E-state index contributed by atoms with van der Waals surface area (Å²) in [6, 6.07) is 9.80. The number of amides is 1. The SMILES string of the molecule is CCNCc1ccc(-n2ccc(C(=O)NC)n2)cc1. The van der Waals surface area contributed by atoms with E-state index in [-0.39, 0.29) is 5.91 Å². The molecule has 0 fully saturated rings. The van der Waals surface area contributed by atoms with E-state index in [1.807, 2.05) is 12.1 Å². The van der Waals surface area contributed by atoms with Gasteiger partial charge in [-0.3, -0.25) is 4.79 Å². The minimum atomic E-state index is -0.178. The number of carbonyl (C=O) groups excluding carboxylic acids is 1. The highest BCUT2D eigenvalue weighted by Crippen LogP contribution is 2.09. The fourth-order valence-electron chi connectivity index (χ4n) is 1.75. The van der Waals surface area contributed by atoms with Crippen molar-refractivity contribution in [3.63, 3.8) is 0 Å². The third kappa shape index (κ3) is 3.20. The topological polar surface area (TPSA) is 59.0 Å². The molecule has 5 nitrogen and oxygen atoms in total. The van der Waals surface area contributed by atoms with Crippen molar-refractivity contribution in [2.45, 2.75) is 13.5 Å². The Labute approximate surface area is 112 Å². The second-order valence-electron chi connectivity index (χ2n) is 4.17. The van der Waals surface area contributed by atoms with Gasteiger partial charge in [0.15, 0.2) is 5.69 Å². The van der Waals surface area contributed by atoms with Crippen molar-refractivity contribution in [3.05, 3.63) is 47.8 Å². The third-order valence-electron chi connectivity index (χ3n) is 2.83. The predicted octanol–water partition coefficient (Wildman–Crippen LogP) is 1.34. The van der Waals surface area contributed by atoms with Crippen molar-refractivity contribution in [1.82, 2.24) is 20.4 Å². The van der Waals surface area contributed by atoms with Crippen molar-refractivity contribution < 1.29 is 4.79 Å². The Bertz CT molecular complexity index is 545. The lowest BCUT2D eigenvalue weighted by Gasteiger charge is -2.04. The highest BCUT2D eigenvalue weighted by Gasteiger charge is 2.07. The second-order valence-corrected chi connectivity index (χ2v) is 4.17. The van der Waals surface area contributed by atoms with Gasteiger partial charge in [0, 0.05) is 19.8 Å². The van der Waals surface area contributed by atoms with Gasteiger partial charge in [0.25, 0.3) is 5.91 Å². The first-order valence-corrected chi connectivity index (χ1v) is 6.32. The molecule has 2 N–H and O–H groups in total. The maximum atomic E-state index is 11.4. The van der Waals surface area contributed by atoms with Crippen LogP contribution in [-0.2, 0) is 6.54 Å². The van der Waals surface area contributed by atoms with Crippen molar-refractivity contribution in [2.24, 2.45) is 0 Å². The molecule has 1 aromatic heterocycles. The van der Waals surface area contributed by atoms with Crippen LogP contribution < -0.4 is 10.6 Å². The molecule has 0 aliphatic carbocycles. The van der Waals surface area contributed by atoms with Gasteiger partial charge in [-0.1, -0.05) is 19.1 Å². The van der Waals surface area contributed by atoms with Crippen molar-refractivity contribution >= 4 is 5.91 Å². The van der Waals surface area contributed by atoms with Gasteiger partial charge >= 0.3 is 0 Å². The van der Waals surface area contributed by atoms with E-state index in [0.29, 0.717) is 5.69 Å². The van der Waals surface area contributed by atoms with Crippen molar-refractivity contribution in [3.8, 4) is 5.69 Å². The van der Waals surface area contributed by atoms with Gasteiger partial charge in [-0.05, 0) is 30.3 Å². The van der Waals surface area contributed by atoms with E-state index < -0.39 is 0 Å². The summed E-state index contributed by atoms with van der Waals surface area (Å²) >= 11 is 0. The molecule has 1 amide bonds. The number of benzene rings is 1. The summed E-state index contributed by atoms with van der Waals surface area (Å²) in [5.41, 5.74) is 2.58. The molecule has 0 unspecified atom stereocenters.